The summed E-state index contributed by atoms with van der Waals surface area (Å²) in [5.74, 6) is 0.355. The molecule has 3 rings (SSSR count). The SMILES string of the molecule is CN1C2COCC1CC(C(=O)c1cnn(C(C)(C)C)c1)C2. The van der Waals surface area contributed by atoms with Gasteiger partial charge in [0.25, 0.3) is 0 Å². The van der Waals surface area contributed by atoms with Gasteiger partial charge in [-0.25, -0.2) is 0 Å². The lowest BCUT2D eigenvalue weighted by Crippen LogP contribution is -2.55. The van der Waals surface area contributed by atoms with Crippen LogP contribution in [-0.2, 0) is 10.3 Å². The lowest BCUT2D eigenvalue weighted by Gasteiger charge is -2.46. The number of rotatable bonds is 2. The van der Waals surface area contributed by atoms with Crippen LogP contribution < -0.4 is 0 Å². The van der Waals surface area contributed by atoms with Gasteiger partial charge in [0.2, 0.25) is 0 Å². The topological polar surface area (TPSA) is 47.4 Å². The van der Waals surface area contributed by atoms with Gasteiger partial charge < -0.3 is 4.74 Å². The van der Waals surface area contributed by atoms with E-state index < -0.39 is 0 Å². The predicted molar refractivity (Wildman–Crippen MR) is 80.4 cm³/mol. The largest absolute Gasteiger partial charge is 0.378 e. The number of nitrogens with zero attached hydrogens (tertiary/aromatic N) is 3. The Hall–Kier alpha value is -1.20. The van der Waals surface area contributed by atoms with E-state index in [2.05, 4.69) is 37.8 Å². The molecule has 2 saturated heterocycles. The maximum Gasteiger partial charge on any atom is 0.169 e. The number of ether oxygens (including phenoxy) is 1. The average Bonchev–Trinajstić information content (AvgIpc) is 2.86. The maximum atomic E-state index is 12.8. The lowest BCUT2D eigenvalue weighted by atomic mass is 9.81. The Kier molecular flexibility index (Phi) is 3.66. The molecule has 2 aliphatic rings. The van der Waals surface area contributed by atoms with E-state index in [0.717, 1.165) is 31.6 Å². The average molecular weight is 291 g/mol. The summed E-state index contributed by atoms with van der Waals surface area (Å²) in [7, 11) is 2.15. The first-order valence-electron chi connectivity index (χ1n) is 7.75. The van der Waals surface area contributed by atoms with Crippen LogP contribution in [0.3, 0.4) is 0 Å². The number of Topliss-reactive ketones (excluding diaryl/α,β-unsaturated/α-hetero) is 1. The lowest BCUT2D eigenvalue weighted by molar-refractivity contribution is -0.0702. The summed E-state index contributed by atoms with van der Waals surface area (Å²) in [6, 6.07) is 0.758. The van der Waals surface area contributed by atoms with Crippen LogP contribution in [-0.4, -0.2) is 52.8 Å². The third-order valence-corrected chi connectivity index (χ3v) is 4.81. The second-order valence-corrected chi connectivity index (χ2v) is 7.39. The van der Waals surface area contributed by atoms with Crippen molar-refractivity contribution in [2.24, 2.45) is 5.92 Å². The van der Waals surface area contributed by atoms with Crippen molar-refractivity contribution >= 4 is 5.78 Å². The molecule has 5 heteroatoms. The number of piperidine rings is 1. The molecule has 1 aromatic rings. The Morgan fingerprint density at radius 2 is 1.90 bits per heavy atom. The number of carbonyl (C=O) groups is 1. The van der Waals surface area contributed by atoms with Crippen molar-refractivity contribution in [2.45, 2.75) is 51.2 Å². The van der Waals surface area contributed by atoms with Gasteiger partial charge in [0, 0.05) is 24.2 Å². The number of morpholine rings is 1. The van der Waals surface area contributed by atoms with Gasteiger partial charge in [-0.05, 0) is 40.7 Å². The zero-order chi connectivity index (χ0) is 15.2. The van der Waals surface area contributed by atoms with E-state index in [1.165, 1.54) is 0 Å². The summed E-state index contributed by atoms with van der Waals surface area (Å²) in [5, 5.41) is 4.35. The van der Waals surface area contributed by atoms with Crippen LogP contribution in [0.2, 0.25) is 0 Å². The molecule has 2 aliphatic heterocycles. The molecule has 3 heterocycles. The van der Waals surface area contributed by atoms with E-state index in [1.54, 1.807) is 6.20 Å². The number of aromatic nitrogens is 2. The highest BCUT2D eigenvalue weighted by atomic mass is 16.5. The van der Waals surface area contributed by atoms with Gasteiger partial charge in [-0.2, -0.15) is 5.10 Å². The minimum atomic E-state index is -0.0876. The number of ketones is 1. The number of hydrogen-bond donors (Lipinski definition) is 0. The zero-order valence-corrected chi connectivity index (χ0v) is 13.4. The fraction of sp³-hybridized carbons (Fsp3) is 0.750. The maximum absolute atomic E-state index is 12.8. The van der Waals surface area contributed by atoms with Crippen molar-refractivity contribution in [3.63, 3.8) is 0 Å². The van der Waals surface area contributed by atoms with Crippen molar-refractivity contribution in [3.8, 4) is 0 Å². The number of fused-ring (bicyclic) bond motifs is 2. The number of likely N-dealkylation sites (N-methyl/N-ethyl adjacent to an activating group) is 1. The standard InChI is InChI=1S/C16H25N3O2/c1-16(2,3)19-8-12(7-17-19)15(20)11-5-13-9-21-10-14(6-11)18(13)4/h7-8,11,13-14H,5-6,9-10H2,1-4H3. The minimum Gasteiger partial charge on any atom is -0.378 e. The first-order valence-corrected chi connectivity index (χ1v) is 7.75. The Morgan fingerprint density at radius 1 is 1.29 bits per heavy atom. The molecule has 116 valence electrons. The first kappa shape index (κ1) is 14.7. The molecular weight excluding hydrogens is 266 g/mol. The van der Waals surface area contributed by atoms with Crippen LogP contribution in [0.15, 0.2) is 12.4 Å². The molecule has 0 spiro atoms. The molecule has 1 aromatic heterocycles. The fourth-order valence-corrected chi connectivity index (χ4v) is 3.36. The van der Waals surface area contributed by atoms with Crippen LogP contribution in [0.1, 0.15) is 44.0 Å². The Bertz CT molecular complexity index is 518. The highest BCUT2D eigenvalue weighted by molar-refractivity contribution is 5.97. The zero-order valence-electron chi connectivity index (χ0n) is 13.4. The van der Waals surface area contributed by atoms with Crippen molar-refractivity contribution in [3.05, 3.63) is 18.0 Å². The van der Waals surface area contributed by atoms with Gasteiger partial charge in [-0.15, -0.1) is 0 Å². The summed E-state index contributed by atoms with van der Waals surface area (Å²) < 4.78 is 7.49. The number of carbonyl (C=O) groups excluding carboxylic acids is 1. The van der Waals surface area contributed by atoms with Crippen molar-refractivity contribution in [1.29, 1.82) is 0 Å². The quantitative estimate of drug-likeness (QED) is 0.781. The second-order valence-electron chi connectivity index (χ2n) is 7.39. The monoisotopic (exact) mass is 291 g/mol. The summed E-state index contributed by atoms with van der Waals surface area (Å²) in [4.78, 5) is 15.1. The first-order chi connectivity index (χ1) is 9.86. The second kappa shape index (κ2) is 5.21. The van der Waals surface area contributed by atoms with Crippen LogP contribution in [0.25, 0.3) is 0 Å². The normalized spacial score (nSPS) is 30.4. The van der Waals surface area contributed by atoms with Gasteiger partial charge in [0.1, 0.15) is 0 Å². The van der Waals surface area contributed by atoms with E-state index in [-0.39, 0.29) is 17.2 Å². The molecule has 0 aliphatic carbocycles. The van der Waals surface area contributed by atoms with Crippen LogP contribution in [0.5, 0.6) is 0 Å². The summed E-state index contributed by atoms with van der Waals surface area (Å²) in [6.07, 6.45) is 5.41. The molecule has 0 N–H and O–H groups in total. The van der Waals surface area contributed by atoms with E-state index in [9.17, 15) is 4.79 Å². The molecule has 0 aromatic carbocycles. The van der Waals surface area contributed by atoms with Gasteiger partial charge in [-0.1, -0.05) is 0 Å². The van der Waals surface area contributed by atoms with E-state index in [0.29, 0.717) is 12.1 Å². The highest BCUT2D eigenvalue weighted by Crippen LogP contribution is 2.32. The number of hydrogen-bond acceptors (Lipinski definition) is 4. The van der Waals surface area contributed by atoms with Crippen LogP contribution in [0.4, 0.5) is 0 Å². The Balaban J connectivity index is 1.75. The van der Waals surface area contributed by atoms with Crippen LogP contribution >= 0.6 is 0 Å². The Morgan fingerprint density at radius 3 is 2.43 bits per heavy atom. The minimum absolute atomic E-state index is 0.0876. The van der Waals surface area contributed by atoms with E-state index >= 15 is 0 Å². The fourth-order valence-electron chi connectivity index (χ4n) is 3.36. The molecule has 2 unspecified atom stereocenters. The van der Waals surface area contributed by atoms with Gasteiger partial charge in [0.05, 0.1) is 30.5 Å². The van der Waals surface area contributed by atoms with E-state index in [4.69, 9.17) is 4.74 Å². The summed E-state index contributed by atoms with van der Waals surface area (Å²) in [6.45, 7) is 7.76. The van der Waals surface area contributed by atoms with Crippen LogP contribution in [0, 0.1) is 5.92 Å². The van der Waals surface area contributed by atoms with Crippen molar-refractivity contribution in [2.75, 3.05) is 20.3 Å². The smallest absolute Gasteiger partial charge is 0.169 e. The molecule has 21 heavy (non-hydrogen) atoms. The third kappa shape index (κ3) is 2.77. The summed E-state index contributed by atoms with van der Waals surface area (Å²) >= 11 is 0. The highest BCUT2D eigenvalue weighted by Gasteiger charge is 2.39. The van der Waals surface area contributed by atoms with Crippen molar-refractivity contribution < 1.29 is 9.53 Å². The molecule has 2 bridgehead atoms. The molecular formula is C16H25N3O2. The molecule has 0 amide bonds. The molecule has 0 saturated carbocycles. The van der Waals surface area contributed by atoms with Gasteiger partial charge in [0.15, 0.2) is 5.78 Å². The van der Waals surface area contributed by atoms with Gasteiger partial charge >= 0.3 is 0 Å². The van der Waals surface area contributed by atoms with Gasteiger partial charge in [-0.3, -0.25) is 14.4 Å². The molecule has 2 atom stereocenters. The third-order valence-electron chi connectivity index (χ3n) is 4.81. The Labute approximate surface area is 126 Å². The summed E-state index contributed by atoms with van der Waals surface area (Å²) in [5.41, 5.74) is 0.661. The molecule has 0 radical (unpaired) electrons. The predicted octanol–water partition coefficient (Wildman–Crippen LogP) is 1.93. The van der Waals surface area contributed by atoms with E-state index in [1.807, 2.05) is 10.9 Å². The molecule has 5 nitrogen and oxygen atoms in total. The molecule has 2 fully saturated rings. The van der Waals surface area contributed by atoms with Crippen molar-refractivity contribution in [1.82, 2.24) is 14.7 Å².